The fourth-order valence-electron chi connectivity index (χ4n) is 3.36. The maximum atomic E-state index is 12.9. The predicted octanol–water partition coefficient (Wildman–Crippen LogP) is 5.01. The standard InChI is InChI=1S/C23H21NO2S/c1-17-12-14-20(15-13-17)27(25)16-21-22(18-8-4-2-5-9-18)23(26-24-21)19-10-6-3-7-11-19/h2-15,22-23H,16H2,1H3. The van der Waals surface area contributed by atoms with Crippen LogP contribution in [0.1, 0.15) is 28.7 Å². The number of benzene rings is 3. The van der Waals surface area contributed by atoms with Crippen molar-refractivity contribution in [2.75, 3.05) is 5.75 Å². The van der Waals surface area contributed by atoms with Crippen LogP contribution in [0, 0.1) is 6.92 Å². The van der Waals surface area contributed by atoms with Crippen molar-refractivity contribution in [1.82, 2.24) is 0 Å². The van der Waals surface area contributed by atoms with Gasteiger partial charge in [-0.05, 0) is 30.2 Å². The van der Waals surface area contributed by atoms with Crippen molar-refractivity contribution in [3.05, 3.63) is 102 Å². The van der Waals surface area contributed by atoms with E-state index in [0.29, 0.717) is 5.75 Å². The smallest absolute Gasteiger partial charge is 0.164 e. The van der Waals surface area contributed by atoms with E-state index in [-0.39, 0.29) is 12.0 Å². The molecule has 0 radical (unpaired) electrons. The Morgan fingerprint density at radius 2 is 1.44 bits per heavy atom. The number of rotatable bonds is 5. The van der Waals surface area contributed by atoms with Gasteiger partial charge < -0.3 is 4.84 Å². The second-order valence-corrected chi connectivity index (χ2v) is 8.16. The summed E-state index contributed by atoms with van der Waals surface area (Å²) < 4.78 is 12.9. The minimum Gasteiger partial charge on any atom is -0.387 e. The Morgan fingerprint density at radius 3 is 2.07 bits per heavy atom. The molecule has 3 aromatic rings. The minimum atomic E-state index is -1.16. The van der Waals surface area contributed by atoms with E-state index < -0.39 is 10.8 Å². The molecule has 0 amide bonds. The van der Waals surface area contributed by atoms with Crippen LogP contribution in [0.4, 0.5) is 0 Å². The Hall–Kier alpha value is -2.72. The fraction of sp³-hybridized carbons (Fsp3) is 0.174. The first-order chi connectivity index (χ1) is 13.2. The summed E-state index contributed by atoms with van der Waals surface area (Å²) in [5, 5.41) is 4.36. The van der Waals surface area contributed by atoms with Gasteiger partial charge in [-0.2, -0.15) is 0 Å². The molecule has 4 heteroatoms. The van der Waals surface area contributed by atoms with Crippen molar-refractivity contribution in [3.63, 3.8) is 0 Å². The van der Waals surface area contributed by atoms with Gasteiger partial charge in [0.15, 0.2) is 6.10 Å². The van der Waals surface area contributed by atoms with E-state index in [0.717, 1.165) is 27.3 Å². The highest BCUT2D eigenvalue weighted by Gasteiger charge is 2.37. The lowest BCUT2D eigenvalue weighted by atomic mass is 9.86. The zero-order valence-electron chi connectivity index (χ0n) is 15.1. The molecule has 4 rings (SSSR count). The monoisotopic (exact) mass is 375 g/mol. The molecule has 0 aromatic heterocycles. The van der Waals surface area contributed by atoms with Crippen LogP contribution >= 0.6 is 0 Å². The molecule has 0 spiro atoms. The molecule has 1 heterocycles. The Kier molecular flexibility index (Phi) is 5.16. The lowest BCUT2D eigenvalue weighted by molar-refractivity contribution is 0.0763. The van der Waals surface area contributed by atoms with Gasteiger partial charge >= 0.3 is 0 Å². The summed E-state index contributed by atoms with van der Waals surface area (Å²) in [4.78, 5) is 6.65. The fourth-order valence-corrected chi connectivity index (χ4v) is 4.47. The van der Waals surface area contributed by atoms with Gasteiger partial charge in [-0.15, -0.1) is 0 Å². The molecule has 136 valence electrons. The van der Waals surface area contributed by atoms with Crippen LogP contribution in [0.5, 0.6) is 0 Å². The maximum absolute atomic E-state index is 12.9. The van der Waals surface area contributed by atoms with Crippen molar-refractivity contribution in [2.45, 2.75) is 23.8 Å². The quantitative estimate of drug-likeness (QED) is 0.628. The summed E-state index contributed by atoms with van der Waals surface area (Å²) in [6, 6.07) is 28.1. The molecule has 0 bridgehead atoms. The average Bonchev–Trinajstić information content (AvgIpc) is 3.13. The third-order valence-electron chi connectivity index (χ3n) is 4.79. The first kappa shape index (κ1) is 17.7. The predicted molar refractivity (Wildman–Crippen MR) is 109 cm³/mol. The van der Waals surface area contributed by atoms with Gasteiger partial charge in [-0.3, -0.25) is 4.21 Å². The SMILES string of the molecule is Cc1ccc(S(=O)CC2=NOC(c3ccccc3)C2c2ccccc2)cc1. The number of oxime groups is 1. The first-order valence-electron chi connectivity index (χ1n) is 9.00. The Balaban J connectivity index is 1.63. The highest BCUT2D eigenvalue weighted by Crippen LogP contribution is 2.40. The van der Waals surface area contributed by atoms with E-state index in [1.165, 1.54) is 0 Å². The Bertz CT molecular complexity index is 953. The van der Waals surface area contributed by atoms with E-state index in [9.17, 15) is 4.21 Å². The van der Waals surface area contributed by atoms with Crippen LogP contribution in [0.3, 0.4) is 0 Å². The zero-order valence-corrected chi connectivity index (χ0v) is 15.9. The molecule has 0 fully saturated rings. The van der Waals surface area contributed by atoms with Crippen LogP contribution < -0.4 is 0 Å². The van der Waals surface area contributed by atoms with Crippen LogP contribution in [-0.2, 0) is 15.6 Å². The van der Waals surface area contributed by atoms with Crippen molar-refractivity contribution >= 4 is 16.5 Å². The number of nitrogens with zero attached hydrogens (tertiary/aromatic N) is 1. The van der Waals surface area contributed by atoms with Crippen LogP contribution in [0.2, 0.25) is 0 Å². The molecule has 0 aliphatic carbocycles. The van der Waals surface area contributed by atoms with Crippen molar-refractivity contribution in [1.29, 1.82) is 0 Å². The Labute approximate surface area is 162 Å². The van der Waals surface area contributed by atoms with Gasteiger partial charge in [0.1, 0.15) is 0 Å². The van der Waals surface area contributed by atoms with Gasteiger partial charge in [0.2, 0.25) is 0 Å². The molecule has 1 aliphatic rings. The molecule has 3 aromatic carbocycles. The summed E-state index contributed by atoms with van der Waals surface area (Å²) in [5.74, 6) is 0.328. The highest BCUT2D eigenvalue weighted by atomic mass is 32.2. The van der Waals surface area contributed by atoms with Crippen molar-refractivity contribution < 1.29 is 9.05 Å². The van der Waals surface area contributed by atoms with E-state index in [1.54, 1.807) is 0 Å². The summed E-state index contributed by atoms with van der Waals surface area (Å²) >= 11 is 0. The molecule has 3 atom stereocenters. The van der Waals surface area contributed by atoms with E-state index in [2.05, 4.69) is 29.4 Å². The van der Waals surface area contributed by atoms with Gasteiger partial charge in [0.25, 0.3) is 0 Å². The molecule has 3 unspecified atom stereocenters. The lowest BCUT2D eigenvalue weighted by Gasteiger charge is -2.19. The van der Waals surface area contributed by atoms with Gasteiger partial charge in [0.05, 0.1) is 28.2 Å². The van der Waals surface area contributed by atoms with E-state index in [4.69, 9.17) is 4.84 Å². The summed E-state index contributed by atoms with van der Waals surface area (Å²) in [7, 11) is -1.16. The first-order valence-corrected chi connectivity index (χ1v) is 10.3. The largest absolute Gasteiger partial charge is 0.387 e. The van der Waals surface area contributed by atoms with E-state index in [1.807, 2.05) is 67.6 Å². The molecule has 0 saturated heterocycles. The summed E-state index contributed by atoms with van der Waals surface area (Å²) in [6.45, 7) is 2.03. The van der Waals surface area contributed by atoms with Crippen LogP contribution in [0.25, 0.3) is 0 Å². The van der Waals surface area contributed by atoms with Gasteiger partial charge in [-0.1, -0.05) is 83.5 Å². The topological polar surface area (TPSA) is 38.7 Å². The van der Waals surface area contributed by atoms with Crippen molar-refractivity contribution in [3.8, 4) is 0 Å². The molecular formula is C23H21NO2S. The third kappa shape index (κ3) is 3.86. The van der Waals surface area contributed by atoms with Crippen molar-refractivity contribution in [2.24, 2.45) is 5.16 Å². The molecular weight excluding hydrogens is 354 g/mol. The molecule has 27 heavy (non-hydrogen) atoms. The number of aryl methyl sites for hydroxylation is 1. The van der Waals surface area contributed by atoms with Crippen LogP contribution in [-0.4, -0.2) is 15.7 Å². The van der Waals surface area contributed by atoms with Gasteiger partial charge in [0, 0.05) is 4.90 Å². The second-order valence-electron chi connectivity index (χ2n) is 6.71. The van der Waals surface area contributed by atoms with Crippen LogP contribution in [0.15, 0.2) is 95.0 Å². The highest BCUT2D eigenvalue weighted by molar-refractivity contribution is 7.85. The van der Waals surface area contributed by atoms with E-state index >= 15 is 0 Å². The molecule has 0 saturated carbocycles. The normalized spacial score (nSPS) is 20.0. The zero-order chi connectivity index (χ0) is 18.6. The van der Waals surface area contributed by atoms with Gasteiger partial charge in [-0.25, -0.2) is 0 Å². The second kappa shape index (κ2) is 7.89. The number of hydrogen-bond acceptors (Lipinski definition) is 3. The Morgan fingerprint density at radius 1 is 0.852 bits per heavy atom. The third-order valence-corrected chi connectivity index (χ3v) is 6.15. The summed E-state index contributed by atoms with van der Waals surface area (Å²) in [6.07, 6.45) is -0.196. The molecule has 1 aliphatic heterocycles. The average molecular weight is 375 g/mol. The lowest BCUT2D eigenvalue weighted by Crippen LogP contribution is -2.20. The molecule has 0 N–H and O–H groups in total. The summed E-state index contributed by atoms with van der Waals surface area (Å²) in [5.41, 5.74) is 4.19. The minimum absolute atomic E-state index is 0.0389. The maximum Gasteiger partial charge on any atom is 0.164 e. The molecule has 3 nitrogen and oxygen atoms in total. The number of hydrogen-bond donors (Lipinski definition) is 0.